The van der Waals surface area contributed by atoms with Crippen molar-refractivity contribution in [3.63, 3.8) is 0 Å². The number of nitrogens with zero attached hydrogens (tertiary/aromatic N) is 1. The standard InChI is InChI=1S/C16H12F5NO/c17-11-12(18)14(20)16(15(21)13(11)19)23-10-5-3-4-9(8-10)22-6-1-2-7-22/h3-5,8H,1-2,6-7H2. The van der Waals surface area contributed by atoms with E-state index in [1.807, 2.05) is 4.90 Å². The van der Waals surface area contributed by atoms with Gasteiger partial charge in [0.1, 0.15) is 5.75 Å². The van der Waals surface area contributed by atoms with E-state index in [1.165, 1.54) is 12.1 Å². The first-order valence-electron chi connectivity index (χ1n) is 7.03. The van der Waals surface area contributed by atoms with Crippen LogP contribution in [0.4, 0.5) is 27.6 Å². The number of hydrogen-bond donors (Lipinski definition) is 0. The quantitative estimate of drug-likeness (QED) is 0.457. The molecule has 1 saturated heterocycles. The van der Waals surface area contributed by atoms with Crippen LogP contribution in [0.5, 0.6) is 11.5 Å². The Morgan fingerprint density at radius 2 is 1.35 bits per heavy atom. The number of benzene rings is 2. The van der Waals surface area contributed by atoms with E-state index in [1.54, 1.807) is 12.1 Å². The lowest BCUT2D eigenvalue weighted by atomic mass is 10.2. The molecule has 0 aromatic heterocycles. The first-order chi connectivity index (χ1) is 11.0. The molecule has 0 amide bonds. The summed E-state index contributed by atoms with van der Waals surface area (Å²) in [6.45, 7) is 1.68. The van der Waals surface area contributed by atoms with Gasteiger partial charge in [-0.05, 0) is 25.0 Å². The lowest BCUT2D eigenvalue weighted by Crippen LogP contribution is -2.17. The predicted octanol–water partition coefficient (Wildman–Crippen LogP) is 4.77. The first-order valence-corrected chi connectivity index (χ1v) is 7.03. The molecule has 3 rings (SSSR count). The van der Waals surface area contributed by atoms with Gasteiger partial charge in [-0.2, -0.15) is 8.78 Å². The van der Waals surface area contributed by atoms with Crippen LogP contribution in [0.15, 0.2) is 24.3 Å². The molecular formula is C16H12F5NO. The summed E-state index contributed by atoms with van der Waals surface area (Å²) in [5.41, 5.74) is 0.767. The van der Waals surface area contributed by atoms with Crippen molar-refractivity contribution in [3.8, 4) is 11.5 Å². The summed E-state index contributed by atoms with van der Waals surface area (Å²) in [4.78, 5) is 2.05. The van der Waals surface area contributed by atoms with Gasteiger partial charge in [-0.1, -0.05) is 6.07 Å². The van der Waals surface area contributed by atoms with Crippen LogP contribution in [-0.2, 0) is 0 Å². The molecule has 0 saturated carbocycles. The Hall–Kier alpha value is -2.31. The summed E-state index contributed by atoms with van der Waals surface area (Å²) in [7, 11) is 0. The van der Waals surface area contributed by atoms with Gasteiger partial charge < -0.3 is 9.64 Å². The van der Waals surface area contributed by atoms with E-state index >= 15 is 0 Å². The molecule has 2 aromatic carbocycles. The van der Waals surface area contributed by atoms with Crippen molar-refractivity contribution >= 4 is 5.69 Å². The normalized spacial score (nSPS) is 14.4. The number of ether oxygens (including phenoxy) is 1. The number of halogens is 5. The Morgan fingerprint density at radius 3 is 1.96 bits per heavy atom. The van der Waals surface area contributed by atoms with Gasteiger partial charge in [0.05, 0.1) is 0 Å². The summed E-state index contributed by atoms with van der Waals surface area (Å²) in [5.74, 6) is -11.6. The molecule has 0 radical (unpaired) electrons. The molecule has 0 spiro atoms. The first kappa shape index (κ1) is 15.6. The third-order valence-corrected chi connectivity index (χ3v) is 3.68. The van der Waals surface area contributed by atoms with Crippen LogP contribution in [0.3, 0.4) is 0 Å². The van der Waals surface area contributed by atoms with Crippen molar-refractivity contribution in [3.05, 3.63) is 53.4 Å². The smallest absolute Gasteiger partial charge is 0.207 e. The topological polar surface area (TPSA) is 12.5 Å². The van der Waals surface area contributed by atoms with Crippen LogP contribution in [-0.4, -0.2) is 13.1 Å². The second kappa shape index (κ2) is 6.06. The average molecular weight is 329 g/mol. The van der Waals surface area contributed by atoms with Gasteiger partial charge >= 0.3 is 0 Å². The SMILES string of the molecule is Fc1c(F)c(F)c(Oc2cccc(N3CCCC3)c2)c(F)c1F. The van der Waals surface area contributed by atoms with E-state index in [2.05, 4.69) is 0 Å². The fraction of sp³-hybridized carbons (Fsp3) is 0.250. The molecule has 0 aliphatic carbocycles. The maximum atomic E-state index is 13.6. The van der Waals surface area contributed by atoms with Crippen molar-refractivity contribution in [1.82, 2.24) is 0 Å². The van der Waals surface area contributed by atoms with Crippen molar-refractivity contribution in [2.45, 2.75) is 12.8 Å². The Morgan fingerprint density at radius 1 is 0.783 bits per heavy atom. The van der Waals surface area contributed by atoms with Gasteiger partial charge in [-0.15, -0.1) is 0 Å². The molecule has 122 valence electrons. The van der Waals surface area contributed by atoms with Gasteiger partial charge in [0.15, 0.2) is 0 Å². The second-order valence-corrected chi connectivity index (χ2v) is 5.19. The van der Waals surface area contributed by atoms with Gasteiger partial charge in [-0.3, -0.25) is 0 Å². The van der Waals surface area contributed by atoms with Crippen LogP contribution < -0.4 is 9.64 Å². The summed E-state index contributed by atoms with van der Waals surface area (Å²) < 4.78 is 71.6. The lowest BCUT2D eigenvalue weighted by Gasteiger charge is -2.18. The maximum absolute atomic E-state index is 13.6. The molecule has 2 aromatic rings. The molecule has 0 unspecified atom stereocenters. The Balaban J connectivity index is 1.95. The minimum Gasteiger partial charge on any atom is -0.451 e. The highest BCUT2D eigenvalue weighted by atomic mass is 19.2. The van der Waals surface area contributed by atoms with Crippen molar-refractivity contribution < 1.29 is 26.7 Å². The molecule has 0 bridgehead atoms. The molecule has 7 heteroatoms. The van der Waals surface area contributed by atoms with Gasteiger partial charge in [-0.25, -0.2) is 13.2 Å². The summed E-state index contributed by atoms with van der Waals surface area (Å²) in [6, 6.07) is 6.27. The Kier molecular flexibility index (Phi) is 4.11. The molecule has 1 fully saturated rings. The number of hydrogen-bond acceptors (Lipinski definition) is 2. The molecule has 23 heavy (non-hydrogen) atoms. The Labute approximate surface area is 129 Å². The molecule has 1 aliphatic rings. The van der Waals surface area contributed by atoms with E-state index in [9.17, 15) is 22.0 Å². The number of anilines is 1. The second-order valence-electron chi connectivity index (χ2n) is 5.19. The van der Waals surface area contributed by atoms with Crippen LogP contribution in [0.2, 0.25) is 0 Å². The third kappa shape index (κ3) is 2.83. The summed E-state index contributed by atoms with van der Waals surface area (Å²) in [6.07, 6.45) is 2.06. The van der Waals surface area contributed by atoms with Crippen molar-refractivity contribution in [2.24, 2.45) is 0 Å². The minimum atomic E-state index is -2.21. The minimum absolute atomic E-state index is 0.00221. The summed E-state index contributed by atoms with van der Waals surface area (Å²) in [5, 5.41) is 0. The van der Waals surface area contributed by atoms with Gasteiger partial charge in [0.25, 0.3) is 0 Å². The lowest BCUT2D eigenvalue weighted by molar-refractivity contribution is 0.332. The van der Waals surface area contributed by atoms with Crippen LogP contribution >= 0.6 is 0 Å². The van der Waals surface area contributed by atoms with Crippen molar-refractivity contribution in [1.29, 1.82) is 0 Å². The van der Waals surface area contributed by atoms with Crippen LogP contribution in [0.25, 0.3) is 0 Å². The van der Waals surface area contributed by atoms with E-state index < -0.39 is 34.8 Å². The van der Waals surface area contributed by atoms with Crippen molar-refractivity contribution in [2.75, 3.05) is 18.0 Å². The molecule has 2 nitrogen and oxygen atoms in total. The zero-order chi connectivity index (χ0) is 16.6. The third-order valence-electron chi connectivity index (χ3n) is 3.68. The molecule has 0 N–H and O–H groups in total. The predicted molar refractivity (Wildman–Crippen MR) is 74.2 cm³/mol. The van der Waals surface area contributed by atoms with E-state index in [0.717, 1.165) is 31.6 Å². The number of rotatable bonds is 3. The van der Waals surface area contributed by atoms with Crippen LogP contribution in [0.1, 0.15) is 12.8 Å². The largest absolute Gasteiger partial charge is 0.451 e. The molecule has 1 heterocycles. The van der Waals surface area contributed by atoms with Crippen LogP contribution in [0, 0.1) is 29.1 Å². The molecule has 1 aliphatic heterocycles. The highest BCUT2D eigenvalue weighted by Gasteiger charge is 2.27. The zero-order valence-electron chi connectivity index (χ0n) is 11.9. The highest BCUT2D eigenvalue weighted by molar-refractivity contribution is 5.52. The van der Waals surface area contributed by atoms with Gasteiger partial charge in [0.2, 0.25) is 34.8 Å². The van der Waals surface area contributed by atoms with E-state index in [0.29, 0.717) is 0 Å². The van der Waals surface area contributed by atoms with E-state index in [4.69, 9.17) is 4.74 Å². The Bertz CT molecular complexity index is 714. The fourth-order valence-electron chi connectivity index (χ4n) is 2.51. The van der Waals surface area contributed by atoms with Gasteiger partial charge in [0, 0.05) is 24.8 Å². The molecule has 0 atom stereocenters. The average Bonchev–Trinajstić information content (AvgIpc) is 3.10. The molecular weight excluding hydrogens is 317 g/mol. The zero-order valence-corrected chi connectivity index (χ0v) is 11.9. The highest BCUT2D eigenvalue weighted by Crippen LogP contribution is 2.34. The van der Waals surface area contributed by atoms with E-state index in [-0.39, 0.29) is 5.75 Å². The fourth-order valence-corrected chi connectivity index (χ4v) is 2.51. The summed E-state index contributed by atoms with van der Waals surface area (Å²) >= 11 is 0. The monoisotopic (exact) mass is 329 g/mol. The maximum Gasteiger partial charge on any atom is 0.207 e.